The standard InChI is InChI=1S/C23H32O4.C22H34N3O6PS.C21H23ClO5.C20H12N2O3S.C12H15N2O4P/c1-22(2)9-14(24)20(15(25)10-22)19-13-7-5-6-8-17(13)27-18-12-23(3,4)11-16(26)21(18)19;1-7-29-20(26)14(5)12-32(28,25-15(6)21(27)30-8-2)18-10-9-16(31-18)19-17(11-13(3)4)33-22(23)24-19;1-13(5-7-17(23)15-3-2-4-16(22)11-15)9-14-6-8-18-19(10-14)26-12-20(27-18)21(24)25;21-9-14-18(24)17-15(10-26-20(17)22-19(14)25)12-7-5-11(6-8-12)13-3-1-2-4-16(13)23;1-2-3-8-4-6-10(13)14-12(8)9-5-7-11(18-9)19(15,16)17/h13,17,19-20H,5-12H2,1-4H3;9-10,13-15H,7-8,11-12H2,1-6H3,(H2,23,24)(H,25,28);2-4,6,8,10-11,13,17,20,23H,5,7,9,12H2,1H3,(H,24,25);1-8,10,23H,(H2,22,24,25);4-7H,2-3H2,1H3,(H2,13,14)(H2,15,16,17)/t;14-,15+,32?;13-,17-,20+;;/m.10../s1. The molecular weight excluding hydrogens is 1790 g/mol. The summed E-state index contributed by atoms with van der Waals surface area (Å²) in [5.74, 6) is 0.263. The Hall–Kier alpha value is -11.0. The van der Waals surface area contributed by atoms with Crippen molar-refractivity contribution in [2.45, 2.75) is 197 Å². The number of fused-ring (bicyclic) bond motifs is 3. The summed E-state index contributed by atoms with van der Waals surface area (Å²) in [6.45, 7) is 23.6. The number of aliphatic carboxylic acids is 1. The number of esters is 2. The minimum atomic E-state index is -4.39. The number of nitrogens with two attached hydrogens (primary N) is 2. The minimum absolute atomic E-state index is 0.00711. The number of carbonyl (C=O) groups excluding carboxylic acids is 5. The number of allylic oxidation sites excluding steroid dienone is 2. The number of anilines is 2. The van der Waals surface area contributed by atoms with Crippen LogP contribution in [0.2, 0.25) is 5.02 Å². The summed E-state index contributed by atoms with van der Waals surface area (Å²) < 4.78 is 63.9. The largest absolute Gasteiger partial charge is 0.507 e. The van der Waals surface area contributed by atoms with E-state index in [0.29, 0.717) is 104 Å². The first kappa shape index (κ1) is 102. The summed E-state index contributed by atoms with van der Waals surface area (Å²) in [6, 6.07) is 37.9. The van der Waals surface area contributed by atoms with Crippen LogP contribution in [0.25, 0.3) is 55.4 Å². The van der Waals surface area contributed by atoms with E-state index in [9.17, 15) is 58.0 Å². The Kier molecular flexibility index (Phi) is 34.0. The number of hydrogen-bond acceptors (Lipinski definition) is 26. The monoisotopic (exact) mass is 1900 g/mol. The van der Waals surface area contributed by atoms with E-state index in [-0.39, 0.29) is 100 Å². The number of aliphatic hydroxyl groups is 1. The molecule has 0 amide bonds. The predicted molar refractivity (Wildman–Crippen MR) is 508 cm³/mol. The molecule has 5 aliphatic rings. The van der Waals surface area contributed by atoms with Crippen LogP contribution in [0.4, 0.5) is 10.9 Å². The molecule has 2 fully saturated rings. The number of nitrogens with one attached hydrogen (secondary N) is 2. The number of aromatic nitrogens is 3. The van der Waals surface area contributed by atoms with E-state index in [2.05, 4.69) is 54.7 Å². The summed E-state index contributed by atoms with van der Waals surface area (Å²) in [7, 11) is -7.93. The van der Waals surface area contributed by atoms with Gasteiger partial charge in [0.05, 0.1) is 36.5 Å². The number of aromatic hydroxyl groups is 2. The van der Waals surface area contributed by atoms with Gasteiger partial charge in [0.1, 0.15) is 75.7 Å². The number of nitrogens with zero attached hydrogens (tertiary/aromatic N) is 3. The van der Waals surface area contributed by atoms with Crippen LogP contribution in [-0.4, -0.2) is 125 Å². The lowest BCUT2D eigenvalue weighted by Gasteiger charge is -2.49. The van der Waals surface area contributed by atoms with Gasteiger partial charge in [-0.2, -0.15) is 5.26 Å². The van der Waals surface area contributed by atoms with Crippen LogP contribution in [0.15, 0.2) is 158 Å². The number of thiazole rings is 1. The zero-order chi connectivity index (χ0) is 96.0. The number of pyridine rings is 2. The van der Waals surface area contributed by atoms with E-state index >= 15 is 0 Å². The minimum Gasteiger partial charge on any atom is -0.507 e. The fourth-order valence-electron chi connectivity index (χ4n) is 17.3. The number of aryl methyl sites for hydroxylation is 1. The number of nitriles is 1. The smallest absolute Gasteiger partial charge is 0.391 e. The topological polar surface area (TPSA) is 477 Å². The molecule has 0 saturated heterocycles. The van der Waals surface area contributed by atoms with E-state index in [4.69, 9.17) is 75.7 Å². The molecule has 29 nitrogen and oxygen atoms in total. The Morgan fingerprint density at radius 3 is 2.03 bits per heavy atom. The number of rotatable bonds is 26. The number of nitrogen functional groups attached to an aromatic ring is 2. The molecule has 12 N–H and O–H groups in total. The highest BCUT2D eigenvalue weighted by molar-refractivity contribution is 7.69. The van der Waals surface area contributed by atoms with E-state index in [1.165, 1.54) is 34.8 Å². The lowest BCUT2D eigenvalue weighted by molar-refractivity contribution is -0.148. The Bertz CT molecular complexity index is 6030. The second kappa shape index (κ2) is 44.2. The molecule has 0 spiro atoms. The average Bonchev–Trinajstić information content (AvgIpc) is 1.14. The number of phenols is 1. The molecule has 10 aromatic rings. The number of aromatic amines is 1. The van der Waals surface area contributed by atoms with E-state index in [1.807, 2.05) is 92.9 Å². The van der Waals surface area contributed by atoms with Gasteiger partial charge in [0.25, 0.3) is 5.56 Å². The number of hydrogen-bond donors (Lipinski definition) is 10. The number of benzene rings is 4. The first-order chi connectivity index (χ1) is 62.5. The molecule has 8 heterocycles. The summed E-state index contributed by atoms with van der Waals surface area (Å²) in [5.41, 5.74) is 18.0. The number of phenolic OH excluding ortho intramolecular Hbond substituents is 1. The third-order valence-electron chi connectivity index (χ3n) is 23.4. The molecule has 2 saturated carbocycles. The molecular formula is C98H116ClN7O22P2S2. The first-order valence-corrected chi connectivity index (χ1v) is 49.8. The number of halogens is 1. The van der Waals surface area contributed by atoms with Gasteiger partial charge in [0, 0.05) is 75.7 Å². The van der Waals surface area contributed by atoms with Crippen molar-refractivity contribution < 1.29 is 101 Å². The third kappa shape index (κ3) is 25.5. The van der Waals surface area contributed by atoms with Crippen LogP contribution in [0, 0.1) is 57.7 Å². The van der Waals surface area contributed by atoms with Gasteiger partial charge in [-0.05, 0) is 183 Å². The highest BCUT2D eigenvalue weighted by Gasteiger charge is 2.55. The van der Waals surface area contributed by atoms with Crippen molar-refractivity contribution in [1.82, 2.24) is 20.0 Å². The second-order valence-corrected chi connectivity index (χ2v) is 42.5. The molecule has 0 radical (unpaired) electrons. The van der Waals surface area contributed by atoms with Gasteiger partial charge in [0.2, 0.25) is 18.9 Å². The van der Waals surface area contributed by atoms with Gasteiger partial charge in [-0.1, -0.05) is 153 Å². The number of ketones is 3. The maximum Gasteiger partial charge on any atom is 0.391 e. The van der Waals surface area contributed by atoms with Crippen LogP contribution < -0.4 is 42.6 Å². The van der Waals surface area contributed by atoms with Crippen molar-refractivity contribution in [3.8, 4) is 74.2 Å². The third-order valence-corrected chi connectivity index (χ3v) is 29.1. The van der Waals surface area contributed by atoms with Gasteiger partial charge in [-0.15, -0.1) is 22.7 Å². The van der Waals surface area contributed by atoms with Crippen LogP contribution in [0.5, 0.6) is 23.0 Å². The molecule has 6 aromatic heterocycles. The Morgan fingerprint density at radius 1 is 0.735 bits per heavy atom. The van der Waals surface area contributed by atoms with Gasteiger partial charge in [-0.25, -0.2) is 19.8 Å². The number of carboxylic acids is 1. The number of para-hydroxylation sites is 1. The maximum absolute atomic E-state index is 14.1. The van der Waals surface area contributed by atoms with Gasteiger partial charge >= 0.3 is 25.5 Å². The molecule has 132 heavy (non-hydrogen) atoms. The number of aliphatic hydroxyl groups excluding tert-OH is 1. The van der Waals surface area contributed by atoms with Crippen molar-refractivity contribution in [2.24, 2.45) is 46.3 Å². The molecule has 9 atom stereocenters. The van der Waals surface area contributed by atoms with Gasteiger partial charge in [0.15, 0.2) is 45.0 Å². The SMILES string of the molecule is CC1(C)CC(=O)C(C2C3=C(CC(C)(C)CC3=O)OC3CCCCC32)C(=O)C1.CCCc1ccc(N)nc1-c1ccc(P(=O)(O)O)o1.CCOC(=O)[C@H](C)CP(=O)(N[C@@H](C)C(=O)OCC)c1ccc(-c2nc(N)sc2CC(C)C)o1.C[C@@H](CC[C@H](O)c1cccc(Cl)c1)Cc1ccc2c(c1)OC[C@H](C(=O)O)O2.N#Cc1c(O)c2c(-c3ccc(-c4ccccc4O)cc3)csc2[nH]c1=O. The van der Waals surface area contributed by atoms with Crippen LogP contribution >= 0.6 is 49.2 Å². The Morgan fingerprint density at radius 2 is 1.39 bits per heavy atom. The fraction of sp³-hybridized carbons (Fsp3) is 0.429. The molecule has 3 aliphatic carbocycles. The summed E-state index contributed by atoms with van der Waals surface area (Å²) in [5, 5.41) is 55.0. The summed E-state index contributed by atoms with van der Waals surface area (Å²) in [6.07, 6.45) is 9.51. The molecule has 4 aromatic carbocycles. The van der Waals surface area contributed by atoms with Crippen LogP contribution in [0.1, 0.15) is 187 Å². The lowest BCUT2D eigenvalue weighted by atomic mass is 9.58. The predicted octanol–water partition coefficient (Wildman–Crippen LogP) is 18.4. The number of thiophene rings is 1. The number of ether oxygens (including phenoxy) is 5. The zero-order valence-corrected chi connectivity index (χ0v) is 80.2. The van der Waals surface area contributed by atoms with Crippen molar-refractivity contribution in [3.63, 3.8) is 0 Å². The molecule has 4 unspecified atom stereocenters. The number of furan rings is 2. The second-order valence-electron chi connectivity index (χ2n) is 36.0. The molecule has 34 heteroatoms. The number of H-pyrrole nitrogens is 1. The Balaban J connectivity index is 0.000000160. The van der Waals surface area contributed by atoms with Crippen LogP contribution in [-0.2, 0) is 71.4 Å². The number of Topliss-reactive ketones (excluding diaryl/α,β-unsaturated/α-hetero) is 3. The molecule has 0 bridgehead atoms. The van der Waals surface area contributed by atoms with E-state index < -0.39 is 68.4 Å². The van der Waals surface area contributed by atoms with Crippen molar-refractivity contribution in [2.75, 3.05) is 37.4 Å². The van der Waals surface area contributed by atoms with E-state index in [0.717, 1.165) is 114 Å². The number of carbonyl (C=O) groups is 6. The van der Waals surface area contributed by atoms with Crippen LogP contribution in [0.3, 0.4) is 0 Å². The quantitative estimate of drug-likeness (QED) is 0.0137. The van der Waals surface area contributed by atoms with E-state index in [1.54, 1.807) is 82.3 Å². The van der Waals surface area contributed by atoms with Crippen molar-refractivity contribution >= 4 is 117 Å². The van der Waals surface area contributed by atoms with Crippen molar-refractivity contribution in [1.29, 1.82) is 5.26 Å². The zero-order valence-electron chi connectivity index (χ0n) is 76.0. The average molecular weight is 1910 g/mol. The fourth-order valence-corrected chi connectivity index (χ4v) is 22.6. The number of carboxylic acid groups (broad SMARTS) is 1. The summed E-state index contributed by atoms with van der Waals surface area (Å²) in [4.78, 5) is 117. The summed E-state index contributed by atoms with van der Waals surface area (Å²) >= 11 is 8.67. The van der Waals surface area contributed by atoms with Crippen molar-refractivity contribution in [3.05, 3.63) is 187 Å². The van der Waals surface area contributed by atoms with Gasteiger partial charge < -0.3 is 79.2 Å². The van der Waals surface area contributed by atoms with Gasteiger partial charge in [-0.3, -0.25) is 37.9 Å². The Labute approximate surface area is 779 Å². The lowest BCUT2D eigenvalue weighted by Crippen LogP contribution is -2.51. The first-order valence-electron chi connectivity index (χ1n) is 44.2. The highest BCUT2D eigenvalue weighted by atomic mass is 35.5. The molecule has 704 valence electrons. The molecule has 15 rings (SSSR count). The normalized spacial score (nSPS) is 18.7. The molecule has 2 aliphatic heterocycles. The maximum atomic E-state index is 14.1. The highest BCUT2D eigenvalue weighted by Crippen LogP contribution is 2.54.